The van der Waals surface area contributed by atoms with E-state index in [-0.39, 0.29) is 6.61 Å². The van der Waals surface area contributed by atoms with Crippen molar-refractivity contribution < 1.29 is 9.53 Å². The van der Waals surface area contributed by atoms with E-state index in [1.807, 2.05) is 62.4 Å². The lowest BCUT2D eigenvalue weighted by molar-refractivity contribution is 0.129. The molecule has 2 rings (SSSR count). The molecular weight excluding hydrogens is 377 g/mol. The Hall–Kier alpha value is -1.56. The Balaban J connectivity index is 1.95. The number of rotatable bonds is 4. The molecule has 0 radical (unpaired) electrons. The molecule has 0 aliphatic rings. The number of carbonyl (C=O) groups excluding carboxylic acids is 1. The van der Waals surface area contributed by atoms with Crippen LogP contribution in [0.5, 0.6) is 0 Å². The fourth-order valence-electron chi connectivity index (χ4n) is 1.96. The van der Waals surface area contributed by atoms with Crippen molar-refractivity contribution in [2.24, 2.45) is 0 Å². The van der Waals surface area contributed by atoms with Crippen molar-refractivity contribution in [3.05, 3.63) is 69.3 Å². The third-order valence-corrected chi connectivity index (χ3v) is 3.84. The topological polar surface area (TPSA) is 38.3 Å². The van der Waals surface area contributed by atoms with Crippen molar-refractivity contribution in [3.63, 3.8) is 0 Å². The van der Waals surface area contributed by atoms with Crippen LogP contribution in [-0.2, 0) is 16.9 Å². The minimum absolute atomic E-state index is 0.273. The molecule has 0 aromatic heterocycles. The van der Waals surface area contributed by atoms with Gasteiger partial charge in [-0.2, -0.15) is 0 Å². The van der Waals surface area contributed by atoms with Crippen molar-refractivity contribution in [2.75, 3.05) is 0 Å². The van der Waals surface area contributed by atoms with Gasteiger partial charge in [0.05, 0.1) is 5.54 Å². The van der Waals surface area contributed by atoms with Gasteiger partial charge in [0.15, 0.2) is 0 Å². The lowest BCUT2D eigenvalue weighted by atomic mass is 9.95. The first-order valence-electron chi connectivity index (χ1n) is 6.72. The van der Waals surface area contributed by atoms with E-state index in [1.54, 1.807) is 0 Å². The number of nitrogens with one attached hydrogen (secondary N) is 1. The molecule has 110 valence electrons. The summed E-state index contributed by atoms with van der Waals surface area (Å²) in [6.07, 6.45) is -0.414. The monoisotopic (exact) mass is 395 g/mol. The maximum atomic E-state index is 12.0. The summed E-state index contributed by atoms with van der Waals surface area (Å²) in [7, 11) is 0. The third-order valence-electron chi connectivity index (χ3n) is 3.17. The average Bonchev–Trinajstić information content (AvgIpc) is 2.46. The lowest BCUT2D eigenvalue weighted by Gasteiger charge is -2.26. The van der Waals surface area contributed by atoms with Crippen LogP contribution >= 0.6 is 22.6 Å². The van der Waals surface area contributed by atoms with Crippen LogP contribution in [0.15, 0.2) is 54.6 Å². The Labute approximate surface area is 138 Å². The van der Waals surface area contributed by atoms with Crippen molar-refractivity contribution in [3.8, 4) is 0 Å². The molecule has 0 aliphatic carbocycles. The summed E-state index contributed by atoms with van der Waals surface area (Å²) in [6, 6.07) is 17.7. The van der Waals surface area contributed by atoms with Gasteiger partial charge < -0.3 is 10.1 Å². The van der Waals surface area contributed by atoms with Gasteiger partial charge in [-0.05, 0) is 59.7 Å². The second-order valence-electron chi connectivity index (χ2n) is 5.32. The molecule has 0 bridgehead atoms. The summed E-state index contributed by atoms with van der Waals surface area (Å²) in [5.74, 6) is 0. The lowest BCUT2D eigenvalue weighted by Crippen LogP contribution is -2.41. The number of alkyl carbamates (subject to hydrolysis) is 1. The zero-order valence-corrected chi connectivity index (χ0v) is 14.3. The van der Waals surface area contributed by atoms with Crippen molar-refractivity contribution in [1.29, 1.82) is 0 Å². The SMILES string of the molecule is CC(C)(NC(=O)OCc1ccccc1)c1cccc(I)c1. The van der Waals surface area contributed by atoms with Crippen molar-refractivity contribution in [1.82, 2.24) is 5.32 Å². The fraction of sp³-hybridized carbons (Fsp3) is 0.235. The Morgan fingerprint density at radius 2 is 1.86 bits per heavy atom. The predicted molar refractivity (Wildman–Crippen MR) is 91.9 cm³/mol. The molecule has 3 nitrogen and oxygen atoms in total. The summed E-state index contributed by atoms with van der Waals surface area (Å²) >= 11 is 2.26. The third kappa shape index (κ3) is 4.74. The first-order valence-corrected chi connectivity index (χ1v) is 7.80. The van der Waals surface area contributed by atoms with E-state index in [2.05, 4.69) is 34.0 Å². The molecule has 1 amide bonds. The van der Waals surface area contributed by atoms with Gasteiger partial charge in [0.25, 0.3) is 0 Å². The molecule has 0 aliphatic heterocycles. The highest BCUT2D eigenvalue weighted by Gasteiger charge is 2.23. The number of amides is 1. The van der Waals surface area contributed by atoms with Gasteiger partial charge >= 0.3 is 6.09 Å². The first-order chi connectivity index (χ1) is 9.97. The molecular formula is C17H18INO2. The molecule has 0 fully saturated rings. The molecule has 4 heteroatoms. The number of ether oxygens (including phenoxy) is 1. The highest BCUT2D eigenvalue weighted by molar-refractivity contribution is 14.1. The summed E-state index contributed by atoms with van der Waals surface area (Å²) in [5.41, 5.74) is 1.54. The zero-order valence-electron chi connectivity index (χ0n) is 12.1. The Bertz CT molecular complexity index is 611. The van der Waals surface area contributed by atoms with E-state index in [9.17, 15) is 4.79 Å². The van der Waals surface area contributed by atoms with Crippen LogP contribution in [0.1, 0.15) is 25.0 Å². The number of hydrogen-bond donors (Lipinski definition) is 1. The standard InChI is InChI=1S/C17H18INO2/c1-17(2,14-9-6-10-15(18)11-14)19-16(20)21-12-13-7-4-3-5-8-13/h3-11H,12H2,1-2H3,(H,19,20). The summed E-state index contributed by atoms with van der Waals surface area (Å²) in [6.45, 7) is 4.19. The van der Waals surface area contributed by atoms with Crippen LogP contribution in [0.3, 0.4) is 0 Å². The molecule has 0 heterocycles. The number of carbonyl (C=O) groups is 1. The molecule has 1 N–H and O–H groups in total. The normalized spacial score (nSPS) is 11.0. The second kappa shape index (κ2) is 6.93. The Morgan fingerprint density at radius 1 is 1.14 bits per heavy atom. The number of benzene rings is 2. The van der Waals surface area contributed by atoms with Crippen LogP contribution in [0.4, 0.5) is 4.79 Å². The molecule has 21 heavy (non-hydrogen) atoms. The summed E-state index contributed by atoms with van der Waals surface area (Å²) in [4.78, 5) is 12.0. The van der Waals surface area contributed by atoms with E-state index < -0.39 is 11.6 Å². The van der Waals surface area contributed by atoms with Gasteiger partial charge in [-0.3, -0.25) is 0 Å². The smallest absolute Gasteiger partial charge is 0.408 e. The maximum Gasteiger partial charge on any atom is 0.408 e. The van der Waals surface area contributed by atoms with Gasteiger partial charge in [0.1, 0.15) is 6.61 Å². The fourth-order valence-corrected chi connectivity index (χ4v) is 2.51. The van der Waals surface area contributed by atoms with Crippen LogP contribution in [0.2, 0.25) is 0 Å². The largest absolute Gasteiger partial charge is 0.445 e. The highest BCUT2D eigenvalue weighted by atomic mass is 127. The van der Waals surface area contributed by atoms with E-state index in [4.69, 9.17) is 4.74 Å². The first kappa shape index (κ1) is 15.8. The second-order valence-corrected chi connectivity index (χ2v) is 6.57. The number of halogens is 1. The minimum atomic E-state index is -0.477. The van der Waals surface area contributed by atoms with Gasteiger partial charge in [-0.15, -0.1) is 0 Å². The molecule has 0 unspecified atom stereocenters. The molecule has 0 atom stereocenters. The van der Waals surface area contributed by atoms with Crippen molar-refractivity contribution in [2.45, 2.75) is 26.0 Å². The average molecular weight is 395 g/mol. The molecule has 0 saturated heterocycles. The quantitative estimate of drug-likeness (QED) is 0.777. The van der Waals surface area contributed by atoms with Gasteiger partial charge in [-0.1, -0.05) is 42.5 Å². The maximum absolute atomic E-state index is 12.0. The van der Waals surface area contributed by atoms with E-state index in [0.717, 1.165) is 14.7 Å². The van der Waals surface area contributed by atoms with E-state index in [1.165, 1.54) is 0 Å². The molecule has 2 aromatic carbocycles. The van der Waals surface area contributed by atoms with Crippen molar-refractivity contribution >= 4 is 28.7 Å². The van der Waals surface area contributed by atoms with Gasteiger partial charge in [0, 0.05) is 3.57 Å². The molecule has 0 spiro atoms. The minimum Gasteiger partial charge on any atom is -0.445 e. The van der Waals surface area contributed by atoms with Crippen LogP contribution in [0, 0.1) is 3.57 Å². The van der Waals surface area contributed by atoms with Crippen LogP contribution in [0.25, 0.3) is 0 Å². The van der Waals surface area contributed by atoms with E-state index >= 15 is 0 Å². The molecule has 2 aromatic rings. The predicted octanol–water partition coefficient (Wildman–Crippen LogP) is 4.45. The Morgan fingerprint density at radius 3 is 2.52 bits per heavy atom. The van der Waals surface area contributed by atoms with E-state index in [0.29, 0.717) is 0 Å². The number of hydrogen-bond acceptors (Lipinski definition) is 2. The van der Waals surface area contributed by atoms with Gasteiger partial charge in [0.2, 0.25) is 0 Å². The van der Waals surface area contributed by atoms with Crippen LogP contribution in [-0.4, -0.2) is 6.09 Å². The Kier molecular flexibility index (Phi) is 5.22. The van der Waals surface area contributed by atoms with Gasteiger partial charge in [-0.25, -0.2) is 4.79 Å². The van der Waals surface area contributed by atoms with Crippen LogP contribution < -0.4 is 5.32 Å². The molecule has 0 saturated carbocycles. The summed E-state index contributed by atoms with van der Waals surface area (Å²) in [5, 5.41) is 2.91. The summed E-state index contributed by atoms with van der Waals surface area (Å²) < 4.78 is 6.40. The highest BCUT2D eigenvalue weighted by Crippen LogP contribution is 2.22. The zero-order chi connectivity index (χ0) is 15.3.